The molecule has 1 aromatic rings. The normalized spacial score (nSPS) is 11.5. The van der Waals surface area contributed by atoms with Gasteiger partial charge in [-0.2, -0.15) is 0 Å². The van der Waals surface area contributed by atoms with Crippen molar-refractivity contribution in [2.24, 2.45) is 0 Å². The molecule has 1 aromatic heterocycles. The molecule has 21 heavy (non-hydrogen) atoms. The molecule has 0 saturated heterocycles. The van der Waals surface area contributed by atoms with Crippen molar-refractivity contribution in [2.45, 2.75) is 25.7 Å². The molecule has 2 unspecified atom stereocenters. The fraction of sp³-hybridized carbons (Fsp3) is 0.333. The summed E-state index contributed by atoms with van der Waals surface area (Å²) in [5.41, 5.74) is -1.04. The molecule has 1 heterocycles. The van der Waals surface area contributed by atoms with Gasteiger partial charge in [0.15, 0.2) is 0 Å². The Balaban J connectivity index is 0. The Morgan fingerprint density at radius 2 is 1.95 bits per heavy atom. The first-order chi connectivity index (χ1) is 10.1. The van der Waals surface area contributed by atoms with Gasteiger partial charge in [0.05, 0.1) is 12.7 Å². The van der Waals surface area contributed by atoms with Crippen LogP contribution in [0.4, 0.5) is 0 Å². The highest BCUT2D eigenvalue weighted by Gasteiger charge is 2.13. The number of H-pyrrole nitrogens is 1. The van der Waals surface area contributed by atoms with Gasteiger partial charge in [0, 0.05) is 18.7 Å². The number of aliphatic hydroxyl groups is 1. The van der Waals surface area contributed by atoms with Crippen molar-refractivity contribution in [3.8, 4) is 38.0 Å². The Morgan fingerprint density at radius 3 is 2.38 bits per heavy atom. The minimum atomic E-state index is -0.621. The van der Waals surface area contributed by atoms with Crippen LogP contribution in [0.1, 0.15) is 19.6 Å². The van der Waals surface area contributed by atoms with Crippen LogP contribution in [0.5, 0.6) is 0 Å². The van der Waals surface area contributed by atoms with Crippen LogP contribution in [-0.2, 0) is 4.74 Å². The summed E-state index contributed by atoms with van der Waals surface area (Å²) in [6, 6.07) is 1.22. The fourth-order valence-corrected chi connectivity index (χ4v) is 1.34. The lowest BCUT2D eigenvalue weighted by molar-refractivity contribution is -0.0644. The SMILES string of the molecule is C#C.C#C.C#CCC(CO)OC(C)n1ccc(=O)[nH]c1=O. The van der Waals surface area contributed by atoms with E-state index in [9.17, 15) is 9.59 Å². The molecule has 0 aliphatic heterocycles. The van der Waals surface area contributed by atoms with Crippen molar-refractivity contribution in [2.75, 3.05) is 6.61 Å². The number of rotatable bonds is 5. The van der Waals surface area contributed by atoms with Crippen LogP contribution in [0.25, 0.3) is 0 Å². The van der Waals surface area contributed by atoms with Gasteiger partial charge in [-0.15, -0.1) is 38.0 Å². The first-order valence-corrected chi connectivity index (χ1v) is 5.76. The lowest BCUT2D eigenvalue weighted by Gasteiger charge is -2.20. The molecule has 2 N–H and O–H groups in total. The average Bonchev–Trinajstić information content (AvgIpc) is 2.50. The number of nitrogens with one attached hydrogen (secondary N) is 1. The standard InChI is InChI=1S/C11H14N2O4.2C2H2/c1-3-4-9(7-14)17-8(2)13-6-5-10(15)12-11(13)16;2*1-2/h1,5-6,8-9,14H,4,7H2,2H3,(H,12,15,16);2*1-2H. The average molecular weight is 290 g/mol. The van der Waals surface area contributed by atoms with E-state index in [4.69, 9.17) is 16.3 Å². The van der Waals surface area contributed by atoms with E-state index in [1.54, 1.807) is 6.92 Å². The Morgan fingerprint density at radius 1 is 1.38 bits per heavy atom. The third-order valence-corrected chi connectivity index (χ3v) is 2.18. The molecule has 6 nitrogen and oxygen atoms in total. The van der Waals surface area contributed by atoms with Gasteiger partial charge in [-0.05, 0) is 6.92 Å². The number of hydrogen-bond acceptors (Lipinski definition) is 4. The van der Waals surface area contributed by atoms with Crippen LogP contribution in [-0.4, -0.2) is 27.4 Å². The van der Waals surface area contributed by atoms with Gasteiger partial charge < -0.3 is 9.84 Å². The van der Waals surface area contributed by atoms with E-state index in [-0.39, 0.29) is 13.0 Å². The number of terminal acetylenes is 3. The summed E-state index contributed by atoms with van der Waals surface area (Å²) in [5.74, 6) is 2.37. The molecule has 0 saturated carbocycles. The van der Waals surface area contributed by atoms with E-state index in [0.717, 1.165) is 0 Å². The molecule has 0 aliphatic carbocycles. The summed E-state index contributed by atoms with van der Waals surface area (Å²) in [5, 5.41) is 9.00. The fourth-order valence-electron chi connectivity index (χ4n) is 1.34. The molecule has 2 atom stereocenters. The predicted octanol–water partition coefficient (Wildman–Crippen LogP) is -0.0453. The maximum absolute atomic E-state index is 11.4. The summed E-state index contributed by atoms with van der Waals surface area (Å²) < 4.78 is 6.60. The van der Waals surface area contributed by atoms with Crippen LogP contribution in [0.15, 0.2) is 21.9 Å². The van der Waals surface area contributed by atoms with E-state index in [2.05, 4.69) is 36.6 Å². The Bertz CT molecular complexity index is 583. The van der Waals surface area contributed by atoms with Gasteiger partial charge in [-0.3, -0.25) is 14.3 Å². The minimum Gasteiger partial charge on any atom is -0.394 e. The summed E-state index contributed by atoms with van der Waals surface area (Å²) in [6.45, 7) is 1.39. The van der Waals surface area contributed by atoms with Gasteiger partial charge in [0.25, 0.3) is 5.56 Å². The summed E-state index contributed by atoms with van der Waals surface area (Å²) >= 11 is 0. The number of aromatic nitrogens is 2. The monoisotopic (exact) mass is 290 g/mol. The zero-order chi connectivity index (χ0) is 16.8. The third-order valence-electron chi connectivity index (χ3n) is 2.18. The van der Waals surface area contributed by atoms with E-state index in [1.165, 1.54) is 16.8 Å². The third kappa shape index (κ3) is 7.44. The predicted molar refractivity (Wildman–Crippen MR) is 81.2 cm³/mol. The highest BCUT2D eigenvalue weighted by atomic mass is 16.5. The van der Waals surface area contributed by atoms with Crippen LogP contribution in [0.3, 0.4) is 0 Å². The zero-order valence-corrected chi connectivity index (χ0v) is 11.7. The maximum Gasteiger partial charge on any atom is 0.330 e. The quantitative estimate of drug-likeness (QED) is 0.745. The molecule has 0 amide bonds. The van der Waals surface area contributed by atoms with E-state index in [1.807, 2.05) is 0 Å². The summed E-state index contributed by atoms with van der Waals surface area (Å²) in [4.78, 5) is 24.4. The van der Waals surface area contributed by atoms with Crippen molar-refractivity contribution in [3.05, 3.63) is 33.1 Å². The zero-order valence-electron chi connectivity index (χ0n) is 11.7. The molecule has 0 aromatic carbocycles. The number of hydrogen-bond donors (Lipinski definition) is 2. The second-order valence-electron chi connectivity index (χ2n) is 3.47. The second-order valence-corrected chi connectivity index (χ2v) is 3.47. The molecule has 0 aliphatic rings. The number of aliphatic hydroxyl groups excluding tert-OH is 1. The Kier molecular flexibility index (Phi) is 12.1. The molecule has 0 radical (unpaired) electrons. The Labute approximate surface area is 123 Å². The van der Waals surface area contributed by atoms with E-state index in [0.29, 0.717) is 0 Å². The van der Waals surface area contributed by atoms with E-state index >= 15 is 0 Å². The topological polar surface area (TPSA) is 84.3 Å². The van der Waals surface area contributed by atoms with Gasteiger partial charge in [0.2, 0.25) is 0 Å². The number of nitrogens with zero attached hydrogens (tertiary/aromatic N) is 1. The van der Waals surface area contributed by atoms with Gasteiger partial charge >= 0.3 is 5.69 Å². The molecule has 0 fully saturated rings. The number of aromatic amines is 1. The molecule has 0 spiro atoms. The van der Waals surface area contributed by atoms with Crippen LogP contribution in [0, 0.1) is 38.0 Å². The number of ether oxygens (including phenoxy) is 1. The van der Waals surface area contributed by atoms with Crippen LogP contribution >= 0.6 is 0 Å². The van der Waals surface area contributed by atoms with Crippen LogP contribution < -0.4 is 11.2 Å². The van der Waals surface area contributed by atoms with Crippen LogP contribution in [0.2, 0.25) is 0 Å². The van der Waals surface area contributed by atoms with Crippen molar-refractivity contribution in [1.29, 1.82) is 0 Å². The smallest absolute Gasteiger partial charge is 0.330 e. The maximum atomic E-state index is 11.4. The van der Waals surface area contributed by atoms with E-state index < -0.39 is 23.6 Å². The molecular weight excluding hydrogens is 272 g/mol. The first kappa shape index (κ1) is 20.6. The highest BCUT2D eigenvalue weighted by molar-refractivity contribution is 4.88. The van der Waals surface area contributed by atoms with Gasteiger partial charge in [0.1, 0.15) is 6.23 Å². The molecule has 6 heteroatoms. The summed E-state index contributed by atoms with van der Waals surface area (Å²) in [7, 11) is 0. The van der Waals surface area contributed by atoms with Crippen molar-refractivity contribution >= 4 is 0 Å². The highest BCUT2D eigenvalue weighted by Crippen LogP contribution is 2.09. The van der Waals surface area contributed by atoms with Crippen molar-refractivity contribution in [3.63, 3.8) is 0 Å². The molecule has 0 bridgehead atoms. The lowest BCUT2D eigenvalue weighted by atomic mass is 10.3. The molecule has 112 valence electrons. The molecular formula is C15H18N2O4. The van der Waals surface area contributed by atoms with Crippen molar-refractivity contribution < 1.29 is 9.84 Å². The van der Waals surface area contributed by atoms with Gasteiger partial charge in [-0.25, -0.2) is 4.79 Å². The first-order valence-electron chi connectivity index (χ1n) is 5.76. The lowest BCUT2D eigenvalue weighted by Crippen LogP contribution is -2.33. The Hall–Kier alpha value is -2.72. The minimum absolute atomic E-state index is 0.230. The van der Waals surface area contributed by atoms with Crippen molar-refractivity contribution in [1.82, 2.24) is 9.55 Å². The largest absolute Gasteiger partial charge is 0.394 e. The van der Waals surface area contributed by atoms with Gasteiger partial charge in [-0.1, -0.05) is 0 Å². The second kappa shape index (κ2) is 12.3. The molecule has 1 rings (SSSR count). The summed E-state index contributed by atoms with van der Waals surface area (Å²) in [6.07, 6.45) is 21.5.